The number of benzene rings is 4. The molecule has 1 aromatic heterocycles. The van der Waals surface area contributed by atoms with Gasteiger partial charge in [-0.05, 0) is 28.8 Å². The molecular formula is C36H35FN2O6. The van der Waals surface area contributed by atoms with Gasteiger partial charge < -0.3 is 28.4 Å². The molecule has 0 bridgehead atoms. The quantitative estimate of drug-likeness (QED) is 0.147. The Labute approximate surface area is 261 Å². The molecule has 1 aliphatic rings. The molecule has 5 aromatic rings. The zero-order chi connectivity index (χ0) is 31.0. The van der Waals surface area contributed by atoms with Crippen molar-refractivity contribution in [3.63, 3.8) is 0 Å². The zero-order valence-electron chi connectivity index (χ0n) is 25.2. The molecule has 45 heavy (non-hydrogen) atoms. The molecule has 0 saturated carbocycles. The van der Waals surface area contributed by atoms with E-state index in [2.05, 4.69) is 9.97 Å². The minimum absolute atomic E-state index is 0.109. The predicted octanol–water partition coefficient (Wildman–Crippen LogP) is 6.61. The molecule has 2 heterocycles. The fraction of sp³-hybridized carbons (Fsp3) is 0.278. The van der Waals surface area contributed by atoms with E-state index in [0.29, 0.717) is 24.1 Å². The van der Waals surface area contributed by atoms with Crippen molar-refractivity contribution in [3.8, 4) is 11.9 Å². The Balaban J connectivity index is 1.35. The van der Waals surface area contributed by atoms with Crippen LogP contribution in [0.1, 0.15) is 28.4 Å². The van der Waals surface area contributed by atoms with Gasteiger partial charge in [0.05, 0.1) is 51.6 Å². The van der Waals surface area contributed by atoms with Gasteiger partial charge in [-0.1, -0.05) is 91.0 Å². The highest BCUT2D eigenvalue weighted by Crippen LogP contribution is 2.41. The fourth-order valence-electron chi connectivity index (χ4n) is 5.48. The number of fused-ring (bicyclic) bond motifs is 1. The second kappa shape index (κ2) is 14.6. The first-order valence-corrected chi connectivity index (χ1v) is 14.8. The Morgan fingerprint density at radius 1 is 0.689 bits per heavy atom. The van der Waals surface area contributed by atoms with E-state index in [4.69, 9.17) is 28.4 Å². The molecule has 0 unspecified atom stereocenters. The van der Waals surface area contributed by atoms with Crippen molar-refractivity contribution in [2.45, 2.75) is 44.2 Å². The first-order valence-electron chi connectivity index (χ1n) is 14.8. The van der Waals surface area contributed by atoms with Crippen molar-refractivity contribution in [2.75, 3.05) is 20.8 Å². The van der Waals surface area contributed by atoms with E-state index in [-0.39, 0.29) is 30.7 Å². The van der Waals surface area contributed by atoms with Crippen LogP contribution in [0.25, 0.3) is 10.9 Å². The average Bonchev–Trinajstić information content (AvgIpc) is 3.43. The summed E-state index contributed by atoms with van der Waals surface area (Å²) in [7, 11) is 2.93. The van der Waals surface area contributed by atoms with Gasteiger partial charge in [-0.3, -0.25) is 0 Å². The molecule has 0 spiro atoms. The summed E-state index contributed by atoms with van der Waals surface area (Å²) in [5.74, 6) is -0.289. The van der Waals surface area contributed by atoms with Gasteiger partial charge in [-0.15, -0.1) is 0 Å². The summed E-state index contributed by atoms with van der Waals surface area (Å²) in [4.78, 5) is 8.66. The van der Waals surface area contributed by atoms with Crippen molar-refractivity contribution < 1.29 is 32.8 Å². The van der Waals surface area contributed by atoms with Crippen molar-refractivity contribution >= 4 is 10.9 Å². The first-order chi connectivity index (χ1) is 22.1. The minimum atomic E-state index is -0.823. The Morgan fingerprint density at radius 3 is 1.84 bits per heavy atom. The number of aromatic nitrogens is 2. The van der Waals surface area contributed by atoms with Crippen LogP contribution in [0.5, 0.6) is 11.9 Å². The largest absolute Gasteiger partial charge is 0.480 e. The van der Waals surface area contributed by atoms with Gasteiger partial charge in [-0.2, -0.15) is 9.97 Å². The van der Waals surface area contributed by atoms with Crippen LogP contribution >= 0.6 is 0 Å². The SMILES string of the molecule is COc1nc(OC)c2cc(F)c([C@@H]3O[C@H](COCc4ccccc4)[C@@H](OCc4ccccc4)[C@H]3OCc3ccccc3)cc2n1. The Hall–Kier alpha value is -4.41. The van der Waals surface area contributed by atoms with Crippen LogP contribution in [0.15, 0.2) is 103 Å². The summed E-state index contributed by atoms with van der Waals surface area (Å²) in [6.07, 6.45) is -2.61. The second-order valence-electron chi connectivity index (χ2n) is 10.7. The highest BCUT2D eigenvalue weighted by Gasteiger charge is 2.48. The summed E-state index contributed by atoms with van der Waals surface area (Å²) < 4.78 is 52.5. The third kappa shape index (κ3) is 7.29. The Bertz CT molecular complexity index is 1680. The highest BCUT2D eigenvalue weighted by molar-refractivity contribution is 5.84. The predicted molar refractivity (Wildman–Crippen MR) is 166 cm³/mol. The number of halogens is 1. The average molecular weight is 611 g/mol. The molecule has 4 atom stereocenters. The highest BCUT2D eigenvalue weighted by atomic mass is 19.1. The van der Waals surface area contributed by atoms with Gasteiger partial charge in [0.1, 0.15) is 30.2 Å². The van der Waals surface area contributed by atoms with Gasteiger partial charge in [0.2, 0.25) is 5.88 Å². The van der Waals surface area contributed by atoms with Gasteiger partial charge in [0.15, 0.2) is 0 Å². The number of hydrogen-bond donors (Lipinski definition) is 0. The molecule has 0 amide bonds. The lowest BCUT2D eigenvalue weighted by molar-refractivity contribution is -0.0898. The fourth-order valence-corrected chi connectivity index (χ4v) is 5.48. The van der Waals surface area contributed by atoms with E-state index in [0.717, 1.165) is 16.7 Å². The molecule has 9 heteroatoms. The van der Waals surface area contributed by atoms with Crippen LogP contribution in [-0.2, 0) is 38.8 Å². The summed E-state index contributed by atoms with van der Waals surface area (Å²) in [5, 5.41) is 0.416. The molecular weight excluding hydrogens is 575 g/mol. The van der Waals surface area contributed by atoms with Crippen LogP contribution in [0.3, 0.4) is 0 Å². The second-order valence-corrected chi connectivity index (χ2v) is 10.7. The molecule has 6 rings (SSSR count). The lowest BCUT2D eigenvalue weighted by Crippen LogP contribution is -2.38. The zero-order valence-corrected chi connectivity index (χ0v) is 25.2. The van der Waals surface area contributed by atoms with Crippen molar-refractivity contribution in [1.82, 2.24) is 9.97 Å². The smallest absolute Gasteiger partial charge is 0.320 e. The van der Waals surface area contributed by atoms with Crippen LogP contribution in [0.2, 0.25) is 0 Å². The molecule has 8 nitrogen and oxygen atoms in total. The molecule has 0 radical (unpaired) electrons. The molecule has 232 valence electrons. The number of ether oxygens (including phenoxy) is 6. The molecule has 0 aliphatic carbocycles. The van der Waals surface area contributed by atoms with E-state index in [1.807, 2.05) is 91.0 Å². The van der Waals surface area contributed by atoms with E-state index in [9.17, 15) is 0 Å². The lowest BCUT2D eigenvalue weighted by atomic mass is 9.99. The molecule has 4 aromatic carbocycles. The summed E-state index contributed by atoms with van der Waals surface area (Å²) >= 11 is 0. The summed E-state index contributed by atoms with van der Waals surface area (Å²) in [5.41, 5.74) is 3.74. The van der Waals surface area contributed by atoms with Crippen LogP contribution in [-0.4, -0.2) is 49.1 Å². The monoisotopic (exact) mass is 610 g/mol. The van der Waals surface area contributed by atoms with Crippen molar-refractivity contribution in [1.29, 1.82) is 0 Å². The Morgan fingerprint density at radius 2 is 1.27 bits per heavy atom. The number of rotatable bonds is 13. The normalized spacial score (nSPS) is 19.5. The first kappa shape index (κ1) is 30.6. The van der Waals surface area contributed by atoms with Crippen LogP contribution in [0, 0.1) is 5.82 Å². The maximum Gasteiger partial charge on any atom is 0.320 e. The maximum absolute atomic E-state index is 16.0. The van der Waals surface area contributed by atoms with Crippen molar-refractivity contribution in [2.24, 2.45) is 0 Å². The summed E-state index contributed by atoms with van der Waals surface area (Å²) in [6, 6.07) is 32.7. The lowest BCUT2D eigenvalue weighted by Gasteiger charge is -2.25. The molecule has 1 saturated heterocycles. The number of methoxy groups -OCH3 is 2. The maximum atomic E-state index is 16.0. The Kier molecular flexibility index (Phi) is 9.92. The van der Waals surface area contributed by atoms with Crippen molar-refractivity contribution in [3.05, 3.63) is 131 Å². The standard InChI is InChI=1S/C36H35FN2O6/c1-40-35-28-18-29(37)27(19-30(28)38-36(39-35)41-2)32-34(44-22-26-16-10-5-11-17-26)33(43-21-25-14-8-4-9-15-25)31(45-32)23-42-20-24-12-6-3-7-13-24/h3-19,31-34H,20-23H2,1-2H3/t31-,32+,33-,34+/m1/s1. The van der Waals surface area contributed by atoms with E-state index >= 15 is 4.39 Å². The minimum Gasteiger partial charge on any atom is -0.480 e. The van der Waals surface area contributed by atoms with Gasteiger partial charge in [0.25, 0.3) is 0 Å². The molecule has 1 fully saturated rings. The van der Waals surface area contributed by atoms with Gasteiger partial charge in [0, 0.05) is 5.56 Å². The van der Waals surface area contributed by atoms with Gasteiger partial charge in [-0.25, -0.2) is 4.39 Å². The van der Waals surface area contributed by atoms with E-state index in [1.54, 1.807) is 6.07 Å². The molecule has 1 aliphatic heterocycles. The van der Waals surface area contributed by atoms with E-state index < -0.39 is 30.2 Å². The number of nitrogens with zero attached hydrogens (tertiary/aromatic N) is 2. The topological polar surface area (TPSA) is 81.2 Å². The van der Waals surface area contributed by atoms with E-state index in [1.165, 1.54) is 20.3 Å². The molecule has 0 N–H and O–H groups in total. The van der Waals surface area contributed by atoms with Crippen LogP contribution in [0.4, 0.5) is 4.39 Å². The number of hydrogen-bond acceptors (Lipinski definition) is 8. The van der Waals surface area contributed by atoms with Gasteiger partial charge >= 0.3 is 6.01 Å². The third-order valence-corrected chi connectivity index (χ3v) is 7.72. The van der Waals surface area contributed by atoms with Crippen LogP contribution < -0.4 is 9.47 Å². The third-order valence-electron chi connectivity index (χ3n) is 7.72. The summed E-state index contributed by atoms with van der Waals surface area (Å²) in [6.45, 7) is 1.22.